The van der Waals surface area contributed by atoms with Crippen molar-refractivity contribution in [2.24, 2.45) is 0 Å². The molecule has 1 heterocycles. The molecule has 1 N–H and O–H groups in total. The molecule has 1 aromatic heterocycles. The van der Waals surface area contributed by atoms with Crippen LogP contribution in [0.25, 0.3) is 0 Å². The van der Waals surface area contributed by atoms with Gasteiger partial charge in [0.2, 0.25) is 5.91 Å². The summed E-state index contributed by atoms with van der Waals surface area (Å²) in [4.78, 5) is 12.7. The third-order valence-corrected chi connectivity index (χ3v) is 6.40. The minimum Gasteiger partial charge on any atom is -0.495 e. The molecule has 1 unspecified atom stereocenters. The number of nitrogens with zero attached hydrogens (tertiary/aromatic N) is 3. The maximum atomic E-state index is 12.7. The number of nitrogens with one attached hydrogen (secondary N) is 1. The lowest BCUT2D eigenvalue weighted by atomic mass is 10.1. The van der Waals surface area contributed by atoms with Gasteiger partial charge in [0.05, 0.1) is 30.7 Å². The molecule has 0 bridgehead atoms. The van der Waals surface area contributed by atoms with E-state index in [9.17, 15) is 4.79 Å². The molecule has 186 valence electrons. The second-order valence-corrected chi connectivity index (χ2v) is 9.14. The topological polar surface area (TPSA) is 87.5 Å². The van der Waals surface area contributed by atoms with Crippen LogP contribution in [-0.2, 0) is 11.3 Å². The number of hydrogen-bond donors (Lipinski definition) is 1. The number of methoxy groups -OCH3 is 2. The summed E-state index contributed by atoms with van der Waals surface area (Å²) in [5, 5.41) is 12.4. The fourth-order valence-corrected chi connectivity index (χ4v) is 4.44. The third-order valence-electron chi connectivity index (χ3n) is 5.14. The van der Waals surface area contributed by atoms with E-state index in [1.54, 1.807) is 18.2 Å². The summed E-state index contributed by atoms with van der Waals surface area (Å²) in [6.45, 7) is 10.3. The van der Waals surface area contributed by atoms with E-state index in [-0.39, 0.29) is 17.8 Å². The van der Waals surface area contributed by atoms with Crippen LogP contribution in [0.5, 0.6) is 17.2 Å². The smallest absolute Gasteiger partial charge is 0.234 e. The van der Waals surface area contributed by atoms with Crippen LogP contribution in [0.1, 0.15) is 30.0 Å². The molecule has 0 saturated heterocycles. The highest BCUT2D eigenvalue weighted by atomic mass is 35.5. The number of anilines is 1. The zero-order valence-electron chi connectivity index (χ0n) is 20.4. The molecule has 1 amide bonds. The van der Waals surface area contributed by atoms with Crippen LogP contribution in [0.2, 0.25) is 5.02 Å². The van der Waals surface area contributed by atoms with Crippen molar-refractivity contribution in [3.63, 3.8) is 0 Å². The molecule has 0 fully saturated rings. The lowest BCUT2D eigenvalue weighted by Gasteiger charge is -2.17. The highest BCUT2D eigenvalue weighted by molar-refractivity contribution is 7.99. The highest BCUT2D eigenvalue weighted by Gasteiger charge is 2.21. The van der Waals surface area contributed by atoms with Crippen molar-refractivity contribution in [3.05, 3.63) is 65.0 Å². The van der Waals surface area contributed by atoms with Crippen LogP contribution < -0.4 is 19.5 Å². The van der Waals surface area contributed by atoms with Gasteiger partial charge in [-0.2, -0.15) is 0 Å². The maximum Gasteiger partial charge on any atom is 0.234 e. The van der Waals surface area contributed by atoms with Gasteiger partial charge < -0.3 is 19.5 Å². The van der Waals surface area contributed by atoms with Crippen LogP contribution in [0, 0.1) is 13.8 Å². The number of ether oxygens (including phenoxy) is 3. The molecular formula is C25H29ClN4O4S. The predicted octanol–water partition coefficient (Wildman–Crippen LogP) is 5.62. The van der Waals surface area contributed by atoms with E-state index in [2.05, 4.69) is 28.2 Å². The molecule has 0 saturated carbocycles. The van der Waals surface area contributed by atoms with E-state index in [0.717, 1.165) is 11.3 Å². The number of halogens is 1. The van der Waals surface area contributed by atoms with E-state index in [1.165, 1.54) is 31.5 Å². The fraction of sp³-hybridized carbons (Fsp3) is 0.320. The largest absolute Gasteiger partial charge is 0.495 e. The molecule has 0 aliphatic carbocycles. The van der Waals surface area contributed by atoms with Crippen LogP contribution in [0.4, 0.5) is 5.69 Å². The minimum atomic E-state index is -0.349. The number of amides is 1. The minimum absolute atomic E-state index is 0.107. The summed E-state index contributed by atoms with van der Waals surface area (Å²) in [5.41, 5.74) is 2.68. The molecule has 0 spiro atoms. The Balaban J connectivity index is 1.72. The second-order valence-electron chi connectivity index (χ2n) is 7.79. The summed E-state index contributed by atoms with van der Waals surface area (Å²) in [6.07, 6.45) is 1.41. The molecule has 3 rings (SSSR count). The van der Waals surface area contributed by atoms with Crippen molar-refractivity contribution in [2.45, 2.75) is 38.6 Å². The Hall–Kier alpha value is -3.17. The predicted molar refractivity (Wildman–Crippen MR) is 139 cm³/mol. The molecule has 35 heavy (non-hydrogen) atoms. The van der Waals surface area contributed by atoms with Crippen molar-refractivity contribution >= 4 is 35.0 Å². The summed E-state index contributed by atoms with van der Waals surface area (Å²) in [7, 11) is 3.01. The summed E-state index contributed by atoms with van der Waals surface area (Å²) in [5.74, 6) is 2.17. The van der Waals surface area contributed by atoms with E-state index in [0.29, 0.717) is 39.7 Å². The van der Waals surface area contributed by atoms with Gasteiger partial charge in [0.1, 0.15) is 17.2 Å². The normalized spacial score (nSPS) is 11.6. The van der Waals surface area contributed by atoms with Crippen molar-refractivity contribution in [1.29, 1.82) is 0 Å². The zero-order valence-corrected chi connectivity index (χ0v) is 22.0. The number of thioether (sulfide) groups is 1. The molecule has 1 atom stereocenters. The Bertz CT molecular complexity index is 1210. The number of allylic oxidation sites excluding steroid dienone is 1. The summed E-state index contributed by atoms with van der Waals surface area (Å²) < 4.78 is 18.6. The quantitative estimate of drug-likeness (QED) is 0.261. The second kappa shape index (κ2) is 12.0. The molecule has 0 aliphatic rings. The van der Waals surface area contributed by atoms with Crippen molar-refractivity contribution < 1.29 is 19.0 Å². The van der Waals surface area contributed by atoms with E-state index in [4.69, 9.17) is 25.8 Å². The average molecular weight is 517 g/mol. The Morgan fingerprint density at radius 2 is 1.91 bits per heavy atom. The SMILES string of the molecule is C=CCn1c(SCC(=O)Nc2cc(OC)c(Cl)cc2OC)nnc1C(C)Oc1ccc(C)cc1C. The molecule has 10 heteroatoms. The number of carbonyl (C=O) groups is 1. The van der Waals surface area contributed by atoms with Gasteiger partial charge in [-0.25, -0.2) is 0 Å². The van der Waals surface area contributed by atoms with Gasteiger partial charge in [0.15, 0.2) is 17.1 Å². The lowest BCUT2D eigenvalue weighted by molar-refractivity contribution is -0.113. The summed E-state index contributed by atoms with van der Waals surface area (Å²) >= 11 is 7.41. The standard InChI is InChI=1S/C25H29ClN4O4S/c1-7-10-30-24(17(4)34-20-9-8-15(2)11-16(20)3)28-29-25(30)35-14-23(31)27-19-13-21(32-5)18(26)12-22(19)33-6/h7-9,11-13,17H,1,10,14H2,2-6H3,(H,27,31). The van der Waals surface area contributed by atoms with Crippen LogP contribution >= 0.6 is 23.4 Å². The average Bonchev–Trinajstić information content (AvgIpc) is 3.23. The monoisotopic (exact) mass is 516 g/mol. The van der Waals surface area contributed by atoms with Gasteiger partial charge in [0, 0.05) is 18.7 Å². The van der Waals surface area contributed by atoms with Gasteiger partial charge in [-0.1, -0.05) is 47.1 Å². The number of hydrogen-bond acceptors (Lipinski definition) is 7. The van der Waals surface area contributed by atoms with Crippen molar-refractivity contribution in [2.75, 3.05) is 25.3 Å². The van der Waals surface area contributed by atoms with E-state index < -0.39 is 0 Å². The Morgan fingerprint density at radius 1 is 1.17 bits per heavy atom. The third kappa shape index (κ3) is 6.49. The van der Waals surface area contributed by atoms with E-state index >= 15 is 0 Å². The molecule has 3 aromatic rings. The Labute approximate surface area is 214 Å². The van der Waals surface area contributed by atoms with Gasteiger partial charge in [-0.15, -0.1) is 16.8 Å². The number of aromatic nitrogens is 3. The summed E-state index contributed by atoms with van der Waals surface area (Å²) in [6, 6.07) is 9.24. The first-order valence-corrected chi connectivity index (χ1v) is 12.3. The van der Waals surface area contributed by atoms with Crippen molar-refractivity contribution in [1.82, 2.24) is 14.8 Å². The first-order chi connectivity index (χ1) is 16.8. The Morgan fingerprint density at radius 3 is 2.57 bits per heavy atom. The van der Waals surface area contributed by atoms with Crippen molar-refractivity contribution in [3.8, 4) is 17.2 Å². The first kappa shape index (κ1) is 26.4. The number of aryl methyl sites for hydroxylation is 2. The maximum absolute atomic E-state index is 12.7. The first-order valence-electron chi connectivity index (χ1n) is 10.9. The van der Waals surface area contributed by atoms with Gasteiger partial charge >= 0.3 is 0 Å². The van der Waals surface area contributed by atoms with Crippen LogP contribution in [0.15, 0.2) is 48.1 Å². The molecular weight excluding hydrogens is 488 g/mol. The van der Waals surface area contributed by atoms with Gasteiger partial charge in [-0.05, 0) is 32.4 Å². The van der Waals surface area contributed by atoms with E-state index in [1.807, 2.05) is 37.5 Å². The van der Waals surface area contributed by atoms with Crippen LogP contribution in [0.3, 0.4) is 0 Å². The zero-order chi connectivity index (χ0) is 25.5. The molecule has 0 radical (unpaired) electrons. The number of carbonyl (C=O) groups excluding carboxylic acids is 1. The molecule has 8 nitrogen and oxygen atoms in total. The van der Waals surface area contributed by atoms with Gasteiger partial charge in [-0.3, -0.25) is 9.36 Å². The number of benzene rings is 2. The highest BCUT2D eigenvalue weighted by Crippen LogP contribution is 2.36. The van der Waals surface area contributed by atoms with Crippen LogP contribution in [-0.4, -0.2) is 40.6 Å². The number of rotatable bonds is 11. The Kier molecular flexibility index (Phi) is 9.06. The fourth-order valence-electron chi connectivity index (χ4n) is 3.46. The van der Waals surface area contributed by atoms with Gasteiger partial charge in [0.25, 0.3) is 0 Å². The lowest BCUT2D eigenvalue weighted by Crippen LogP contribution is -2.16. The molecule has 0 aliphatic heterocycles. The molecule has 2 aromatic carbocycles.